The summed E-state index contributed by atoms with van der Waals surface area (Å²) in [6.07, 6.45) is 6.67. The number of hydrogen-bond acceptors (Lipinski definition) is 6. The van der Waals surface area contributed by atoms with Crippen LogP contribution < -0.4 is 9.47 Å². The topological polar surface area (TPSA) is 97.6 Å². The van der Waals surface area contributed by atoms with E-state index in [9.17, 15) is 5.11 Å². The molecule has 8 nitrogen and oxygen atoms in total. The quantitative estimate of drug-likeness (QED) is 0.282. The van der Waals surface area contributed by atoms with E-state index in [0.717, 1.165) is 51.2 Å². The van der Waals surface area contributed by atoms with E-state index in [0.29, 0.717) is 17.9 Å². The van der Waals surface area contributed by atoms with Crippen molar-refractivity contribution in [3.8, 4) is 34.0 Å². The maximum atomic E-state index is 10.2. The summed E-state index contributed by atoms with van der Waals surface area (Å²) in [5.74, 6) is 1.54. The van der Waals surface area contributed by atoms with Crippen LogP contribution in [0.15, 0.2) is 55.0 Å². The molecule has 4 heterocycles. The summed E-state index contributed by atoms with van der Waals surface area (Å²) in [5, 5.41) is 15.9. The standard InChI is InChI=1S/C28H31N5O3/c1-5-6-21(34)16-36-23-11-19(10-22(12-23)35-4)26-13-25(20-9-18-7-8-29-27(18)30-14-20)32-28-24(17(2)3)15-31-33(26)28/h7-15,17,21,34H,5-6,16H2,1-4H3,(H,29,30). The average Bonchev–Trinajstić information content (AvgIpc) is 3.53. The molecule has 0 aliphatic heterocycles. The highest BCUT2D eigenvalue weighted by Crippen LogP contribution is 2.34. The molecule has 1 aromatic carbocycles. The number of ether oxygens (including phenoxy) is 2. The van der Waals surface area contributed by atoms with Crippen molar-refractivity contribution in [2.75, 3.05) is 13.7 Å². The van der Waals surface area contributed by atoms with Crippen LogP contribution in [0.25, 0.3) is 39.2 Å². The van der Waals surface area contributed by atoms with Gasteiger partial charge < -0.3 is 19.6 Å². The first-order valence-electron chi connectivity index (χ1n) is 12.3. The van der Waals surface area contributed by atoms with Gasteiger partial charge in [-0.3, -0.25) is 0 Å². The zero-order chi connectivity index (χ0) is 25.2. The van der Waals surface area contributed by atoms with Gasteiger partial charge in [0.05, 0.1) is 30.8 Å². The smallest absolute Gasteiger partial charge is 0.159 e. The van der Waals surface area contributed by atoms with Gasteiger partial charge in [-0.2, -0.15) is 5.10 Å². The van der Waals surface area contributed by atoms with Crippen LogP contribution in [0.3, 0.4) is 0 Å². The molecule has 186 valence electrons. The van der Waals surface area contributed by atoms with Crippen molar-refractivity contribution in [3.05, 3.63) is 60.6 Å². The number of aromatic amines is 1. The zero-order valence-electron chi connectivity index (χ0n) is 21.0. The number of pyridine rings is 1. The summed E-state index contributed by atoms with van der Waals surface area (Å²) in [7, 11) is 1.63. The molecule has 2 N–H and O–H groups in total. The van der Waals surface area contributed by atoms with Crippen molar-refractivity contribution in [3.63, 3.8) is 0 Å². The highest BCUT2D eigenvalue weighted by molar-refractivity contribution is 5.82. The number of hydrogen-bond donors (Lipinski definition) is 2. The van der Waals surface area contributed by atoms with Crippen LogP contribution in [0.1, 0.15) is 45.1 Å². The summed E-state index contributed by atoms with van der Waals surface area (Å²) in [6.45, 7) is 6.53. The Morgan fingerprint density at radius 1 is 1.06 bits per heavy atom. The molecule has 0 aliphatic carbocycles. The van der Waals surface area contributed by atoms with Gasteiger partial charge in [-0.1, -0.05) is 27.2 Å². The van der Waals surface area contributed by atoms with Crippen LogP contribution in [-0.2, 0) is 0 Å². The van der Waals surface area contributed by atoms with Crippen LogP contribution in [0.5, 0.6) is 11.5 Å². The Balaban J connectivity index is 1.65. The fourth-order valence-corrected chi connectivity index (χ4v) is 4.35. The molecule has 0 saturated carbocycles. The summed E-state index contributed by atoms with van der Waals surface area (Å²) in [6, 6.07) is 11.8. The molecule has 5 rings (SSSR count). The van der Waals surface area contributed by atoms with Gasteiger partial charge in [0.1, 0.15) is 23.8 Å². The van der Waals surface area contributed by atoms with E-state index in [4.69, 9.17) is 14.5 Å². The van der Waals surface area contributed by atoms with Crippen LogP contribution in [-0.4, -0.2) is 49.5 Å². The lowest BCUT2D eigenvalue weighted by Crippen LogP contribution is -2.17. The Hall–Kier alpha value is -3.91. The van der Waals surface area contributed by atoms with E-state index >= 15 is 0 Å². The lowest BCUT2D eigenvalue weighted by Gasteiger charge is -2.15. The maximum absolute atomic E-state index is 10.2. The van der Waals surface area contributed by atoms with Crippen molar-refractivity contribution in [2.45, 2.75) is 45.6 Å². The fourth-order valence-electron chi connectivity index (χ4n) is 4.35. The first-order valence-corrected chi connectivity index (χ1v) is 12.3. The van der Waals surface area contributed by atoms with Crippen LogP contribution in [0.4, 0.5) is 0 Å². The molecule has 0 fully saturated rings. The van der Waals surface area contributed by atoms with Gasteiger partial charge in [-0.15, -0.1) is 0 Å². The molecule has 1 atom stereocenters. The van der Waals surface area contributed by atoms with Gasteiger partial charge >= 0.3 is 0 Å². The SMILES string of the molecule is CCCC(O)COc1cc(OC)cc(-c2cc(-c3cnc4[nH]ccc4c3)nc3c(C(C)C)cnn23)c1. The first kappa shape index (κ1) is 23.8. The van der Waals surface area contributed by atoms with Gasteiger partial charge in [0.25, 0.3) is 0 Å². The number of aliphatic hydroxyl groups is 1. The average molecular weight is 486 g/mol. The lowest BCUT2D eigenvalue weighted by molar-refractivity contribution is 0.0992. The number of nitrogens with zero attached hydrogens (tertiary/aromatic N) is 4. The monoisotopic (exact) mass is 485 g/mol. The molecule has 0 amide bonds. The van der Waals surface area contributed by atoms with Crippen LogP contribution >= 0.6 is 0 Å². The molecular weight excluding hydrogens is 454 g/mol. The molecule has 0 saturated heterocycles. The van der Waals surface area contributed by atoms with Crippen molar-refractivity contribution in [2.24, 2.45) is 0 Å². The molecule has 0 radical (unpaired) electrons. The third-order valence-corrected chi connectivity index (χ3v) is 6.29. The summed E-state index contributed by atoms with van der Waals surface area (Å²) in [5.41, 5.74) is 6.16. The zero-order valence-corrected chi connectivity index (χ0v) is 21.0. The Kier molecular flexibility index (Phi) is 6.61. The number of fused-ring (bicyclic) bond motifs is 2. The minimum Gasteiger partial charge on any atom is -0.497 e. The van der Waals surface area contributed by atoms with Crippen molar-refractivity contribution < 1.29 is 14.6 Å². The largest absolute Gasteiger partial charge is 0.497 e. The number of H-pyrrole nitrogens is 1. The van der Waals surface area contributed by atoms with Gasteiger partial charge in [-0.25, -0.2) is 14.5 Å². The van der Waals surface area contributed by atoms with Gasteiger partial charge in [0.15, 0.2) is 5.65 Å². The fraction of sp³-hybridized carbons (Fsp3) is 0.321. The highest BCUT2D eigenvalue weighted by Gasteiger charge is 2.18. The van der Waals surface area contributed by atoms with E-state index < -0.39 is 6.10 Å². The Bertz CT molecular complexity index is 1500. The summed E-state index contributed by atoms with van der Waals surface area (Å²) < 4.78 is 13.4. The second-order valence-electron chi connectivity index (χ2n) is 9.31. The molecule has 0 spiro atoms. The number of methoxy groups -OCH3 is 1. The van der Waals surface area contributed by atoms with E-state index in [1.54, 1.807) is 7.11 Å². The minimum absolute atomic E-state index is 0.221. The maximum Gasteiger partial charge on any atom is 0.159 e. The summed E-state index contributed by atoms with van der Waals surface area (Å²) in [4.78, 5) is 12.7. The predicted molar refractivity (Wildman–Crippen MR) is 141 cm³/mol. The predicted octanol–water partition coefficient (Wildman–Crippen LogP) is 5.61. The molecular formula is C28H31N5O3. The van der Waals surface area contributed by atoms with Crippen molar-refractivity contribution >= 4 is 16.7 Å². The van der Waals surface area contributed by atoms with E-state index in [1.165, 1.54) is 0 Å². The molecule has 0 bridgehead atoms. The second-order valence-corrected chi connectivity index (χ2v) is 9.31. The highest BCUT2D eigenvalue weighted by atomic mass is 16.5. The van der Waals surface area contributed by atoms with Crippen LogP contribution in [0, 0.1) is 0 Å². The number of aromatic nitrogens is 5. The molecule has 5 aromatic rings. The van der Waals surface area contributed by atoms with Gasteiger partial charge in [0.2, 0.25) is 0 Å². The third kappa shape index (κ3) is 4.64. The van der Waals surface area contributed by atoms with Crippen molar-refractivity contribution in [1.82, 2.24) is 24.6 Å². The van der Waals surface area contributed by atoms with E-state index in [1.807, 2.05) is 60.4 Å². The Morgan fingerprint density at radius 3 is 2.67 bits per heavy atom. The molecule has 4 aromatic heterocycles. The Morgan fingerprint density at radius 2 is 1.89 bits per heavy atom. The lowest BCUT2D eigenvalue weighted by atomic mass is 10.1. The van der Waals surface area contributed by atoms with Gasteiger partial charge in [0, 0.05) is 40.5 Å². The number of benzene rings is 1. The first-order chi connectivity index (χ1) is 17.5. The van der Waals surface area contributed by atoms with E-state index in [-0.39, 0.29) is 12.5 Å². The molecule has 8 heteroatoms. The van der Waals surface area contributed by atoms with Crippen LogP contribution in [0.2, 0.25) is 0 Å². The summed E-state index contributed by atoms with van der Waals surface area (Å²) >= 11 is 0. The number of nitrogens with one attached hydrogen (secondary N) is 1. The number of aliphatic hydroxyl groups excluding tert-OH is 1. The minimum atomic E-state index is -0.514. The second kappa shape index (κ2) is 9.99. The third-order valence-electron chi connectivity index (χ3n) is 6.29. The van der Waals surface area contributed by atoms with Crippen molar-refractivity contribution in [1.29, 1.82) is 0 Å². The normalized spacial score (nSPS) is 12.5. The molecule has 36 heavy (non-hydrogen) atoms. The molecule has 0 aliphatic rings. The Labute approximate surface area is 209 Å². The van der Waals surface area contributed by atoms with Gasteiger partial charge in [-0.05, 0) is 42.7 Å². The van der Waals surface area contributed by atoms with E-state index in [2.05, 4.69) is 35.0 Å². The molecule has 1 unspecified atom stereocenters. The number of rotatable bonds is 9.